The summed E-state index contributed by atoms with van der Waals surface area (Å²) < 4.78 is 4.94. The highest BCUT2D eigenvalue weighted by molar-refractivity contribution is 6.22. The van der Waals surface area contributed by atoms with Crippen molar-refractivity contribution in [2.45, 2.75) is 33.1 Å². The first-order valence-corrected chi connectivity index (χ1v) is 8.18. The van der Waals surface area contributed by atoms with Crippen LogP contribution in [0.3, 0.4) is 0 Å². The third-order valence-electron chi connectivity index (χ3n) is 4.82. The zero-order valence-corrected chi connectivity index (χ0v) is 13.5. The minimum Gasteiger partial charge on any atom is -0.462 e. The van der Waals surface area contributed by atoms with Crippen molar-refractivity contribution < 1.29 is 19.1 Å². The van der Waals surface area contributed by atoms with Gasteiger partial charge in [-0.3, -0.25) is 14.5 Å². The smallest absolute Gasteiger partial charge is 0.338 e. The zero-order chi connectivity index (χ0) is 16.6. The summed E-state index contributed by atoms with van der Waals surface area (Å²) in [6.45, 7) is 4.19. The van der Waals surface area contributed by atoms with Gasteiger partial charge in [0.25, 0.3) is 0 Å². The van der Waals surface area contributed by atoms with E-state index in [0.717, 1.165) is 19.3 Å². The Labute approximate surface area is 135 Å². The molecule has 1 heterocycles. The van der Waals surface area contributed by atoms with E-state index >= 15 is 0 Å². The highest BCUT2D eigenvalue weighted by Gasteiger charge is 2.49. The normalized spacial score (nSPS) is 27.0. The number of imide groups is 1. The highest BCUT2D eigenvalue weighted by Crippen LogP contribution is 2.42. The Morgan fingerprint density at radius 2 is 1.78 bits per heavy atom. The molecule has 3 rings (SSSR count). The van der Waals surface area contributed by atoms with Gasteiger partial charge in [-0.05, 0) is 56.4 Å². The molecule has 0 spiro atoms. The molecule has 1 aliphatic heterocycles. The molecule has 1 saturated carbocycles. The van der Waals surface area contributed by atoms with E-state index in [1.54, 1.807) is 31.2 Å². The maximum atomic E-state index is 12.6. The minimum absolute atomic E-state index is 0.101. The van der Waals surface area contributed by atoms with Gasteiger partial charge in [-0.25, -0.2) is 4.79 Å². The number of nitrogens with zero attached hydrogens (tertiary/aromatic N) is 1. The van der Waals surface area contributed by atoms with Crippen LogP contribution in [0.25, 0.3) is 0 Å². The first-order valence-electron chi connectivity index (χ1n) is 8.18. The van der Waals surface area contributed by atoms with Gasteiger partial charge in [0, 0.05) is 0 Å². The van der Waals surface area contributed by atoms with Crippen LogP contribution in [0.4, 0.5) is 5.69 Å². The number of ether oxygens (including phenoxy) is 1. The average molecular weight is 315 g/mol. The number of rotatable bonds is 3. The Balaban J connectivity index is 1.83. The van der Waals surface area contributed by atoms with E-state index in [1.807, 2.05) is 0 Å². The second kappa shape index (κ2) is 6.14. The largest absolute Gasteiger partial charge is 0.462 e. The molecule has 0 aromatic heterocycles. The molecule has 1 aliphatic carbocycles. The summed E-state index contributed by atoms with van der Waals surface area (Å²) in [6.07, 6.45) is 2.57. The molecule has 3 unspecified atom stereocenters. The molecule has 1 saturated heterocycles. The second-order valence-corrected chi connectivity index (χ2v) is 6.41. The number of hydrogen-bond acceptors (Lipinski definition) is 4. The third-order valence-corrected chi connectivity index (χ3v) is 4.82. The Hall–Kier alpha value is -2.17. The van der Waals surface area contributed by atoms with Gasteiger partial charge in [0.15, 0.2) is 0 Å². The molecule has 1 aromatic rings. The first kappa shape index (κ1) is 15.7. The second-order valence-electron chi connectivity index (χ2n) is 6.41. The predicted molar refractivity (Wildman–Crippen MR) is 84.9 cm³/mol. The van der Waals surface area contributed by atoms with Crippen LogP contribution in [-0.4, -0.2) is 24.4 Å². The van der Waals surface area contributed by atoms with E-state index in [0.29, 0.717) is 23.8 Å². The molecule has 5 heteroatoms. The van der Waals surface area contributed by atoms with Crippen molar-refractivity contribution in [3.8, 4) is 0 Å². The van der Waals surface area contributed by atoms with Gasteiger partial charge >= 0.3 is 5.97 Å². The zero-order valence-electron chi connectivity index (χ0n) is 13.5. The van der Waals surface area contributed by atoms with E-state index in [9.17, 15) is 14.4 Å². The number of fused-ring (bicyclic) bond motifs is 1. The summed E-state index contributed by atoms with van der Waals surface area (Å²) in [7, 11) is 0. The number of amides is 2. The van der Waals surface area contributed by atoms with Crippen LogP contribution in [0.1, 0.15) is 43.5 Å². The monoisotopic (exact) mass is 315 g/mol. The topological polar surface area (TPSA) is 63.7 Å². The minimum atomic E-state index is -0.402. The SMILES string of the molecule is CCOC(=O)c1ccc(N2C(=O)C3CCC(C)CC3C2=O)cc1. The molecule has 5 nitrogen and oxygen atoms in total. The van der Waals surface area contributed by atoms with Crippen LogP contribution in [0.2, 0.25) is 0 Å². The molecule has 122 valence electrons. The summed E-state index contributed by atoms with van der Waals surface area (Å²) in [5.74, 6) is -0.481. The van der Waals surface area contributed by atoms with Gasteiger partial charge < -0.3 is 4.74 Å². The van der Waals surface area contributed by atoms with Crippen molar-refractivity contribution in [2.75, 3.05) is 11.5 Å². The van der Waals surface area contributed by atoms with Crippen LogP contribution in [0, 0.1) is 17.8 Å². The molecule has 2 amide bonds. The average Bonchev–Trinajstić information content (AvgIpc) is 2.79. The first-order chi connectivity index (χ1) is 11.0. The van der Waals surface area contributed by atoms with Gasteiger partial charge in [-0.2, -0.15) is 0 Å². The summed E-state index contributed by atoms with van der Waals surface area (Å²) >= 11 is 0. The molecule has 2 fully saturated rings. The third kappa shape index (κ3) is 2.76. The molecular formula is C18H21NO4. The van der Waals surface area contributed by atoms with Gasteiger partial charge in [-0.15, -0.1) is 0 Å². The number of benzene rings is 1. The van der Waals surface area contributed by atoms with Gasteiger partial charge in [0.05, 0.1) is 29.7 Å². The van der Waals surface area contributed by atoms with E-state index in [2.05, 4.69) is 6.92 Å². The fourth-order valence-corrected chi connectivity index (χ4v) is 3.61. The highest BCUT2D eigenvalue weighted by atomic mass is 16.5. The number of carbonyl (C=O) groups excluding carboxylic acids is 3. The number of carbonyl (C=O) groups is 3. The molecule has 0 bridgehead atoms. The summed E-state index contributed by atoms with van der Waals surface area (Å²) in [6, 6.07) is 6.47. The maximum Gasteiger partial charge on any atom is 0.338 e. The van der Waals surface area contributed by atoms with Crippen LogP contribution in [-0.2, 0) is 14.3 Å². The Kier molecular flexibility index (Phi) is 4.20. The van der Waals surface area contributed by atoms with Crippen molar-refractivity contribution in [2.24, 2.45) is 17.8 Å². The molecule has 23 heavy (non-hydrogen) atoms. The molecule has 3 atom stereocenters. The van der Waals surface area contributed by atoms with E-state index in [1.165, 1.54) is 4.90 Å². The van der Waals surface area contributed by atoms with E-state index in [4.69, 9.17) is 4.74 Å². The number of esters is 1. The summed E-state index contributed by atoms with van der Waals surface area (Å²) in [5.41, 5.74) is 0.954. The molecule has 2 aliphatic rings. The Morgan fingerprint density at radius 1 is 1.13 bits per heavy atom. The fraction of sp³-hybridized carbons (Fsp3) is 0.500. The summed E-state index contributed by atoms with van der Waals surface area (Å²) in [4.78, 5) is 38.2. The lowest BCUT2D eigenvalue weighted by Crippen LogP contribution is -2.30. The van der Waals surface area contributed by atoms with Gasteiger partial charge in [0.2, 0.25) is 11.8 Å². The Morgan fingerprint density at radius 3 is 2.43 bits per heavy atom. The van der Waals surface area contributed by atoms with Crippen LogP contribution >= 0.6 is 0 Å². The van der Waals surface area contributed by atoms with Crippen molar-refractivity contribution in [1.29, 1.82) is 0 Å². The van der Waals surface area contributed by atoms with Crippen LogP contribution < -0.4 is 4.90 Å². The van der Waals surface area contributed by atoms with E-state index in [-0.39, 0.29) is 23.7 Å². The predicted octanol–water partition coefficient (Wildman–Crippen LogP) is 2.79. The molecule has 0 radical (unpaired) electrons. The van der Waals surface area contributed by atoms with Crippen molar-refractivity contribution >= 4 is 23.5 Å². The quantitative estimate of drug-likeness (QED) is 0.635. The molecular weight excluding hydrogens is 294 g/mol. The summed E-state index contributed by atoms with van der Waals surface area (Å²) in [5, 5.41) is 0. The van der Waals surface area contributed by atoms with Gasteiger partial charge in [-0.1, -0.05) is 6.92 Å². The lowest BCUT2D eigenvalue weighted by molar-refractivity contribution is -0.122. The van der Waals surface area contributed by atoms with Crippen molar-refractivity contribution in [3.05, 3.63) is 29.8 Å². The molecule has 0 N–H and O–H groups in total. The number of anilines is 1. The Bertz CT molecular complexity index is 637. The standard InChI is InChI=1S/C18H21NO4/c1-3-23-18(22)12-5-7-13(8-6-12)19-16(20)14-9-4-11(2)10-15(14)17(19)21/h5-8,11,14-15H,3-4,9-10H2,1-2H3. The van der Waals surface area contributed by atoms with Crippen molar-refractivity contribution in [1.82, 2.24) is 0 Å². The van der Waals surface area contributed by atoms with E-state index < -0.39 is 5.97 Å². The maximum absolute atomic E-state index is 12.6. The lowest BCUT2D eigenvalue weighted by Gasteiger charge is -2.25. The lowest BCUT2D eigenvalue weighted by atomic mass is 9.76. The van der Waals surface area contributed by atoms with Crippen molar-refractivity contribution in [3.63, 3.8) is 0 Å². The fourth-order valence-electron chi connectivity index (χ4n) is 3.61. The van der Waals surface area contributed by atoms with Crippen LogP contribution in [0.15, 0.2) is 24.3 Å². The van der Waals surface area contributed by atoms with Crippen LogP contribution in [0.5, 0.6) is 0 Å². The molecule has 1 aromatic carbocycles. The number of hydrogen-bond donors (Lipinski definition) is 0. The van der Waals surface area contributed by atoms with Gasteiger partial charge in [0.1, 0.15) is 0 Å².